The molecule has 0 N–H and O–H groups in total. The third-order valence-corrected chi connectivity index (χ3v) is 6.23. The molecule has 0 bridgehead atoms. The molecule has 10 heteroatoms. The number of nitrogens with zero attached hydrogens (tertiary/aromatic N) is 5. The van der Waals surface area contributed by atoms with E-state index in [1.165, 1.54) is 34.1 Å². The van der Waals surface area contributed by atoms with Gasteiger partial charge < -0.3 is 4.90 Å². The highest BCUT2D eigenvalue weighted by molar-refractivity contribution is 7.91. The molecule has 0 amide bonds. The molecule has 0 aliphatic heterocycles. The molecular weight excluding hydrogens is 365 g/mol. The zero-order valence-corrected chi connectivity index (χ0v) is 14.8. The summed E-state index contributed by atoms with van der Waals surface area (Å²) in [5.74, 6) is -0.0260. The minimum Gasteiger partial charge on any atom is -0.362 e. The largest absolute Gasteiger partial charge is 0.362 e. The first-order valence-corrected chi connectivity index (χ1v) is 9.56. The van der Waals surface area contributed by atoms with Crippen LogP contribution < -0.4 is 4.90 Å². The summed E-state index contributed by atoms with van der Waals surface area (Å²) in [6.07, 6.45) is 0. The van der Waals surface area contributed by atoms with Crippen molar-refractivity contribution in [1.29, 1.82) is 0 Å². The first kappa shape index (κ1) is 15.9. The molecule has 0 fully saturated rings. The first-order chi connectivity index (χ1) is 11.9. The smallest absolute Gasteiger partial charge is 0.229 e. The van der Waals surface area contributed by atoms with Crippen LogP contribution in [0.1, 0.15) is 0 Å². The fourth-order valence-electron chi connectivity index (χ4n) is 2.55. The van der Waals surface area contributed by atoms with Crippen molar-refractivity contribution in [1.82, 2.24) is 19.8 Å². The van der Waals surface area contributed by atoms with Crippen molar-refractivity contribution in [2.45, 2.75) is 9.92 Å². The van der Waals surface area contributed by atoms with Crippen molar-refractivity contribution < 1.29 is 12.8 Å². The van der Waals surface area contributed by atoms with Crippen LogP contribution in [0.4, 0.5) is 10.2 Å². The second kappa shape index (κ2) is 5.46. The molecule has 3 aromatic heterocycles. The quantitative estimate of drug-likeness (QED) is 0.545. The van der Waals surface area contributed by atoms with Crippen LogP contribution in [-0.2, 0) is 9.84 Å². The second-order valence-corrected chi connectivity index (χ2v) is 8.32. The minimum absolute atomic E-state index is 0.114. The van der Waals surface area contributed by atoms with Gasteiger partial charge in [-0.2, -0.15) is 4.52 Å². The zero-order chi connectivity index (χ0) is 17.8. The molecule has 0 saturated heterocycles. The number of sulfone groups is 1. The fourth-order valence-corrected chi connectivity index (χ4v) is 4.66. The Morgan fingerprint density at radius 1 is 1.24 bits per heavy atom. The number of halogens is 1. The maximum absolute atomic E-state index is 13.5. The van der Waals surface area contributed by atoms with Crippen molar-refractivity contribution in [2.24, 2.45) is 0 Å². The highest BCUT2D eigenvalue weighted by Gasteiger charge is 2.28. The van der Waals surface area contributed by atoms with Gasteiger partial charge in [-0.3, -0.25) is 0 Å². The molecular formula is C15H12FN5O2S2. The number of benzene rings is 1. The molecule has 3 heterocycles. The van der Waals surface area contributed by atoms with Crippen LogP contribution in [0.3, 0.4) is 0 Å². The Kier molecular flexibility index (Phi) is 3.48. The number of thiophene rings is 1. The Morgan fingerprint density at radius 2 is 2.04 bits per heavy atom. The standard InChI is InChI=1S/C15H12FN5O2S2/c1-20(2)12-11-6-7-24-15(11)21-13(17-12)14(18-19-21)25(22,23)10-5-3-4-9(16)8-10/h3-8H,1-2H3. The van der Waals surface area contributed by atoms with Gasteiger partial charge in [0, 0.05) is 14.1 Å². The molecule has 0 aliphatic carbocycles. The fraction of sp³-hybridized carbons (Fsp3) is 0.133. The predicted molar refractivity (Wildman–Crippen MR) is 92.3 cm³/mol. The van der Waals surface area contributed by atoms with Crippen LogP contribution in [0.5, 0.6) is 0 Å². The van der Waals surface area contributed by atoms with Crippen molar-refractivity contribution in [2.75, 3.05) is 19.0 Å². The van der Waals surface area contributed by atoms with E-state index < -0.39 is 15.7 Å². The van der Waals surface area contributed by atoms with Crippen molar-refractivity contribution in [3.05, 3.63) is 41.5 Å². The van der Waals surface area contributed by atoms with Gasteiger partial charge in [-0.25, -0.2) is 17.8 Å². The lowest BCUT2D eigenvalue weighted by atomic mass is 10.3. The van der Waals surface area contributed by atoms with Crippen molar-refractivity contribution in [3.8, 4) is 0 Å². The highest BCUT2D eigenvalue weighted by Crippen LogP contribution is 2.31. The van der Waals surface area contributed by atoms with E-state index in [1.54, 1.807) is 4.90 Å². The molecule has 7 nitrogen and oxygen atoms in total. The third-order valence-electron chi connectivity index (χ3n) is 3.69. The van der Waals surface area contributed by atoms with Crippen LogP contribution in [0, 0.1) is 5.82 Å². The highest BCUT2D eigenvalue weighted by atomic mass is 32.2. The van der Waals surface area contributed by atoms with Crippen LogP contribution in [-0.4, -0.2) is 42.3 Å². The van der Waals surface area contributed by atoms with Crippen molar-refractivity contribution in [3.63, 3.8) is 0 Å². The van der Waals surface area contributed by atoms with Gasteiger partial charge in [0.25, 0.3) is 0 Å². The van der Waals surface area contributed by atoms with Gasteiger partial charge in [-0.1, -0.05) is 11.3 Å². The summed E-state index contributed by atoms with van der Waals surface area (Å²) in [4.78, 5) is 6.79. The van der Waals surface area contributed by atoms with Crippen LogP contribution in [0.25, 0.3) is 15.9 Å². The molecule has 1 aromatic carbocycles. The van der Waals surface area contributed by atoms with E-state index in [0.29, 0.717) is 5.82 Å². The van der Waals surface area contributed by atoms with E-state index in [4.69, 9.17) is 0 Å². The summed E-state index contributed by atoms with van der Waals surface area (Å²) < 4.78 is 40.6. The van der Waals surface area contributed by atoms with E-state index in [1.807, 2.05) is 25.5 Å². The Balaban J connectivity index is 2.05. The molecule has 0 radical (unpaired) electrons. The summed E-state index contributed by atoms with van der Waals surface area (Å²) in [5, 5.41) is 10.2. The number of anilines is 1. The van der Waals surface area contributed by atoms with Gasteiger partial charge in [0.15, 0.2) is 5.65 Å². The summed E-state index contributed by atoms with van der Waals surface area (Å²) >= 11 is 1.41. The van der Waals surface area contributed by atoms with Gasteiger partial charge in [0.2, 0.25) is 14.9 Å². The van der Waals surface area contributed by atoms with E-state index in [2.05, 4.69) is 15.3 Å². The van der Waals surface area contributed by atoms with E-state index in [9.17, 15) is 12.8 Å². The number of fused-ring (bicyclic) bond motifs is 3. The van der Waals surface area contributed by atoms with Gasteiger partial charge >= 0.3 is 0 Å². The molecule has 0 atom stereocenters. The summed E-state index contributed by atoms with van der Waals surface area (Å²) in [7, 11) is -0.410. The van der Waals surface area contributed by atoms with E-state index in [-0.39, 0.29) is 15.6 Å². The van der Waals surface area contributed by atoms with Gasteiger partial charge in [0.05, 0.1) is 10.3 Å². The lowest BCUT2D eigenvalue weighted by Crippen LogP contribution is -2.12. The average molecular weight is 377 g/mol. The Labute approximate surface area is 146 Å². The van der Waals surface area contributed by atoms with Crippen LogP contribution in [0.2, 0.25) is 0 Å². The number of aromatic nitrogens is 4. The first-order valence-electron chi connectivity index (χ1n) is 7.20. The maximum Gasteiger partial charge on any atom is 0.229 e. The topological polar surface area (TPSA) is 80.5 Å². The molecule has 4 aromatic rings. The summed E-state index contributed by atoms with van der Waals surface area (Å²) in [5.41, 5.74) is 0.114. The summed E-state index contributed by atoms with van der Waals surface area (Å²) in [6, 6.07) is 6.69. The Bertz CT molecular complexity index is 1210. The lowest BCUT2D eigenvalue weighted by Gasteiger charge is -2.13. The number of rotatable bonds is 3. The van der Waals surface area contributed by atoms with Gasteiger partial charge in [0.1, 0.15) is 16.5 Å². The Morgan fingerprint density at radius 3 is 2.76 bits per heavy atom. The molecule has 0 saturated carbocycles. The molecule has 0 aliphatic rings. The molecule has 4 rings (SSSR count). The zero-order valence-electron chi connectivity index (χ0n) is 13.2. The molecule has 128 valence electrons. The van der Waals surface area contributed by atoms with Gasteiger partial charge in [-0.15, -0.1) is 16.4 Å². The average Bonchev–Trinajstić information content (AvgIpc) is 3.20. The molecule has 0 spiro atoms. The van der Waals surface area contributed by atoms with Gasteiger partial charge in [-0.05, 0) is 29.6 Å². The Hall–Kier alpha value is -2.59. The molecule has 0 unspecified atom stereocenters. The minimum atomic E-state index is -4.05. The predicted octanol–water partition coefficient (Wildman–Crippen LogP) is 2.38. The lowest BCUT2D eigenvalue weighted by molar-refractivity contribution is 0.587. The number of hydrogen-bond acceptors (Lipinski definition) is 7. The number of hydrogen-bond donors (Lipinski definition) is 0. The van der Waals surface area contributed by atoms with E-state index in [0.717, 1.165) is 16.3 Å². The SMILES string of the molecule is CN(C)c1nc2c(S(=O)(=O)c3cccc(F)c3)nnn2c2sccc12. The second-order valence-electron chi connectivity index (χ2n) is 5.56. The summed E-state index contributed by atoms with van der Waals surface area (Å²) in [6.45, 7) is 0. The maximum atomic E-state index is 13.5. The normalized spacial score (nSPS) is 12.1. The van der Waals surface area contributed by atoms with Crippen molar-refractivity contribution >= 4 is 42.9 Å². The van der Waals surface area contributed by atoms with Crippen LogP contribution >= 0.6 is 11.3 Å². The van der Waals surface area contributed by atoms with Crippen LogP contribution in [0.15, 0.2) is 45.6 Å². The molecule has 25 heavy (non-hydrogen) atoms. The van der Waals surface area contributed by atoms with E-state index >= 15 is 0 Å². The monoisotopic (exact) mass is 377 g/mol. The third kappa shape index (κ3) is 2.36.